The molecule has 3 N–H and O–H groups in total. The van der Waals surface area contributed by atoms with Crippen LogP contribution in [-0.4, -0.2) is 38.3 Å². The van der Waals surface area contributed by atoms with Crippen LogP contribution in [0.25, 0.3) is 31.7 Å². The van der Waals surface area contributed by atoms with Crippen LogP contribution < -0.4 is 15.6 Å². The predicted octanol–water partition coefficient (Wildman–Crippen LogP) is 4.38. The van der Waals surface area contributed by atoms with Crippen molar-refractivity contribution in [2.45, 2.75) is 31.8 Å². The van der Waals surface area contributed by atoms with E-state index < -0.39 is 0 Å². The highest BCUT2D eigenvalue weighted by Gasteiger charge is 2.29. The van der Waals surface area contributed by atoms with E-state index in [0.717, 1.165) is 35.2 Å². The van der Waals surface area contributed by atoms with E-state index in [1.54, 1.807) is 36.3 Å². The van der Waals surface area contributed by atoms with Gasteiger partial charge in [-0.1, -0.05) is 12.1 Å². The molecule has 0 unspecified atom stereocenters. The molecule has 1 saturated carbocycles. The Balaban J connectivity index is 1.49. The van der Waals surface area contributed by atoms with Gasteiger partial charge in [0.2, 0.25) is 0 Å². The lowest BCUT2D eigenvalue weighted by Gasteiger charge is -2.16. The molecule has 3 aromatic heterocycles. The minimum atomic E-state index is -0.0947. The van der Waals surface area contributed by atoms with Crippen LogP contribution in [0.1, 0.15) is 30.0 Å². The number of aromatic amines is 1. The number of benzene rings is 2. The second kappa shape index (κ2) is 8.83. The summed E-state index contributed by atoms with van der Waals surface area (Å²) in [5.41, 5.74) is 3.01. The van der Waals surface area contributed by atoms with Crippen molar-refractivity contribution in [1.82, 2.24) is 24.8 Å². The molecule has 3 heterocycles. The number of H-pyrrole nitrogens is 1. The zero-order valence-corrected chi connectivity index (χ0v) is 20.1. The molecule has 0 saturated heterocycles. The van der Waals surface area contributed by atoms with Gasteiger partial charge in [-0.3, -0.25) is 9.36 Å². The molecule has 35 heavy (non-hydrogen) atoms. The fourth-order valence-electron chi connectivity index (χ4n) is 4.58. The number of nitrogens with one attached hydrogen (secondary N) is 2. The summed E-state index contributed by atoms with van der Waals surface area (Å²) >= 11 is 1.36. The average Bonchev–Trinajstić information content (AvgIpc) is 3.44. The predicted molar refractivity (Wildman–Crippen MR) is 137 cm³/mol. The lowest BCUT2D eigenvalue weighted by atomic mass is 10.0. The van der Waals surface area contributed by atoms with Crippen LogP contribution in [0, 0.1) is 0 Å². The average molecular weight is 488 g/mol. The number of hydrogen-bond donors (Lipinski definition) is 3. The first-order chi connectivity index (χ1) is 17.1. The van der Waals surface area contributed by atoms with Crippen molar-refractivity contribution in [3.8, 4) is 22.9 Å². The van der Waals surface area contributed by atoms with E-state index in [1.165, 1.54) is 16.9 Å². The number of imidazole rings is 1. The third-order valence-corrected chi connectivity index (χ3v) is 7.62. The number of phenols is 1. The highest BCUT2D eigenvalue weighted by Crippen LogP contribution is 2.46. The van der Waals surface area contributed by atoms with Gasteiger partial charge in [0.25, 0.3) is 5.56 Å². The Morgan fingerprint density at radius 2 is 2.17 bits per heavy atom. The minimum Gasteiger partial charge on any atom is -0.506 e. The van der Waals surface area contributed by atoms with Crippen LogP contribution in [0.2, 0.25) is 0 Å². The SMILES string of the molecule is COc1ccc(-c2nc3sc4c(O)cccc4c3c(=O)n2CCNCc2cnc[nH]2)c(C2CC2)c1. The molecule has 1 fully saturated rings. The van der Waals surface area contributed by atoms with Crippen molar-refractivity contribution in [3.05, 3.63) is 70.5 Å². The van der Waals surface area contributed by atoms with Gasteiger partial charge in [-0.2, -0.15) is 0 Å². The van der Waals surface area contributed by atoms with Crippen molar-refractivity contribution in [3.63, 3.8) is 0 Å². The molecule has 1 aliphatic rings. The number of methoxy groups -OCH3 is 1. The van der Waals surface area contributed by atoms with Gasteiger partial charge in [0.15, 0.2) is 0 Å². The summed E-state index contributed by atoms with van der Waals surface area (Å²) in [5.74, 6) is 2.08. The largest absolute Gasteiger partial charge is 0.506 e. The summed E-state index contributed by atoms with van der Waals surface area (Å²) in [6.45, 7) is 1.67. The summed E-state index contributed by atoms with van der Waals surface area (Å²) < 4.78 is 7.94. The molecule has 178 valence electrons. The van der Waals surface area contributed by atoms with Gasteiger partial charge in [-0.25, -0.2) is 9.97 Å². The van der Waals surface area contributed by atoms with Gasteiger partial charge >= 0.3 is 0 Å². The maximum absolute atomic E-state index is 13.9. The van der Waals surface area contributed by atoms with Gasteiger partial charge in [0.1, 0.15) is 22.2 Å². The van der Waals surface area contributed by atoms with E-state index >= 15 is 0 Å². The number of nitrogens with zero attached hydrogens (tertiary/aromatic N) is 3. The molecule has 0 aliphatic heterocycles. The zero-order valence-electron chi connectivity index (χ0n) is 19.2. The molecule has 2 aromatic carbocycles. The molecule has 5 aromatic rings. The minimum absolute atomic E-state index is 0.0947. The van der Waals surface area contributed by atoms with E-state index in [4.69, 9.17) is 9.72 Å². The molecular formula is C26H25N5O3S. The number of thiophene rings is 1. The number of rotatable bonds is 8. The summed E-state index contributed by atoms with van der Waals surface area (Å²) in [6, 6.07) is 11.3. The molecule has 0 radical (unpaired) electrons. The lowest BCUT2D eigenvalue weighted by molar-refractivity contribution is 0.414. The summed E-state index contributed by atoms with van der Waals surface area (Å²) in [5, 5.41) is 15.1. The van der Waals surface area contributed by atoms with Crippen LogP contribution in [-0.2, 0) is 13.1 Å². The molecule has 0 spiro atoms. The molecule has 8 nitrogen and oxygen atoms in total. The van der Waals surface area contributed by atoms with Gasteiger partial charge in [-0.05, 0) is 48.6 Å². The van der Waals surface area contributed by atoms with Crippen LogP contribution in [0.15, 0.2) is 53.7 Å². The molecular weight excluding hydrogens is 462 g/mol. The number of aromatic nitrogens is 4. The van der Waals surface area contributed by atoms with Crippen LogP contribution in [0.5, 0.6) is 11.5 Å². The van der Waals surface area contributed by atoms with Crippen LogP contribution >= 0.6 is 11.3 Å². The summed E-state index contributed by atoms with van der Waals surface area (Å²) in [4.78, 5) is 26.7. The molecule has 0 atom stereocenters. The molecule has 0 bridgehead atoms. The maximum Gasteiger partial charge on any atom is 0.263 e. The number of ether oxygens (including phenoxy) is 1. The first kappa shape index (κ1) is 21.8. The Labute approximate surface area is 205 Å². The first-order valence-electron chi connectivity index (χ1n) is 11.7. The van der Waals surface area contributed by atoms with E-state index in [2.05, 4.69) is 21.4 Å². The Bertz CT molecular complexity index is 1580. The Kier molecular flexibility index (Phi) is 5.50. The number of aromatic hydroxyl groups is 1. The second-order valence-corrected chi connectivity index (χ2v) is 9.81. The van der Waals surface area contributed by atoms with Gasteiger partial charge < -0.3 is 20.1 Å². The van der Waals surface area contributed by atoms with E-state index in [0.29, 0.717) is 46.3 Å². The topological polar surface area (TPSA) is 105 Å². The Morgan fingerprint density at radius 3 is 2.94 bits per heavy atom. The maximum atomic E-state index is 13.9. The molecule has 9 heteroatoms. The van der Waals surface area contributed by atoms with Crippen molar-refractivity contribution < 1.29 is 9.84 Å². The van der Waals surface area contributed by atoms with E-state index in [9.17, 15) is 9.90 Å². The van der Waals surface area contributed by atoms with Crippen molar-refractivity contribution in [2.24, 2.45) is 0 Å². The standard InChI is InChI=1S/C26H25N5O3S/c1-34-17-7-8-18(20(11-17)15-5-6-15)24-30-25-22(19-3-2-4-21(32)23(19)35-25)26(33)31(24)10-9-27-12-16-13-28-14-29-16/h2-4,7-8,11,13-15,27,32H,5-6,9-10,12H2,1H3,(H,28,29). The first-order valence-corrected chi connectivity index (χ1v) is 12.5. The Morgan fingerprint density at radius 1 is 1.29 bits per heavy atom. The third-order valence-electron chi connectivity index (χ3n) is 6.50. The quantitative estimate of drug-likeness (QED) is 0.281. The normalized spacial score (nSPS) is 13.6. The highest BCUT2D eigenvalue weighted by molar-refractivity contribution is 7.25. The fourth-order valence-corrected chi connectivity index (χ4v) is 5.65. The molecule has 1 aliphatic carbocycles. The zero-order chi connectivity index (χ0) is 23.9. The Hall–Kier alpha value is -3.69. The summed E-state index contributed by atoms with van der Waals surface area (Å²) in [6.07, 6.45) is 5.67. The third kappa shape index (κ3) is 3.96. The number of hydrogen-bond acceptors (Lipinski definition) is 7. The molecule has 0 amide bonds. The summed E-state index contributed by atoms with van der Waals surface area (Å²) in [7, 11) is 1.67. The van der Waals surface area contributed by atoms with Crippen LogP contribution in [0.4, 0.5) is 0 Å². The fraction of sp³-hybridized carbons (Fsp3) is 0.269. The van der Waals surface area contributed by atoms with Crippen molar-refractivity contribution >= 4 is 31.6 Å². The van der Waals surface area contributed by atoms with Gasteiger partial charge in [0, 0.05) is 42.5 Å². The van der Waals surface area contributed by atoms with Gasteiger partial charge in [0.05, 0.1) is 23.5 Å². The van der Waals surface area contributed by atoms with E-state index in [1.807, 2.05) is 18.2 Å². The van der Waals surface area contributed by atoms with Gasteiger partial charge in [-0.15, -0.1) is 11.3 Å². The molecule has 6 rings (SSSR count). The highest BCUT2D eigenvalue weighted by atomic mass is 32.1. The second-order valence-electron chi connectivity index (χ2n) is 8.81. The smallest absolute Gasteiger partial charge is 0.263 e. The van der Waals surface area contributed by atoms with Crippen molar-refractivity contribution in [1.29, 1.82) is 0 Å². The number of fused-ring (bicyclic) bond motifs is 3. The number of phenolic OH excluding ortho intramolecular Hbond substituents is 1. The van der Waals surface area contributed by atoms with Crippen LogP contribution in [0.3, 0.4) is 0 Å². The van der Waals surface area contributed by atoms with E-state index in [-0.39, 0.29) is 11.3 Å². The lowest BCUT2D eigenvalue weighted by Crippen LogP contribution is -2.29. The monoisotopic (exact) mass is 487 g/mol. The van der Waals surface area contributed by atoms with Crippen molar-refractivity contribution in [2.75, 3.05) is 13.7 Å².